The molecule has 164 valence electrons. The largest absolute Gasteiger partial charge is 0.369 e. The first-order chi connectivity index (χ1) is 15.0. The number of fused-ring (bicyclic) bond motifs is 1. The van der Waals surface area contributed by atoms with Gasteiger partial charge in [-0.05, 0) is 73.9 Å². The van der Waals surface area contributed by atoms with Crippen molar-refractivity contribution in [2.75, 3.05) is 35.4 Å². The number of piperazine rings is 1. The van der Waals surface area contributed by atoms with E-state index in [0.717, 1.165) is 65.4 Å². The van der Waals surface area contributed by atoms with Crippen LogP contribution in [0.15, 0.2) is 53.4 Å². The van der Waals surface area contributed by atoms with Gasteiger partial charge in [0.05, 0.1) is 4.90 Å². The van der Waals surface area contributed by atoms with E-state index in [9.17, 15) is 8.42 Å². The molecule has 1 saturated carbocycles. The Hall–Kier alpha value is -2.09. The Kier molecular flexibility index (Phi) is 5.44. The predicted octanol–water partition coefficient (Wildman–Crippen LogP) is 4.61. The van der Waals surface area contributed by atoms with Gasteiger partial charge < -0.3 is 10.2 Å². The molecule has 1 aliphatic heterocycles. The second-order valence-corrected chi connectivity index (χ2v) is 11.5. The molecule has 3 aromatic rings. The lowest BCUT2D eigenvalue weighted by atomic mass is 10.1. The van der Waals surface area contributed by atoms with Gasteiger partial charge in [0.25, 0.3) is 10.0 Å². The van der Waals surface area contributed by atoms with Crippen LogP contribution in [0.4, 0.5) is 10.7 Å². The summed E-state index contributed by atoms with van der Waals surface area (Å²) in [5.41, 5.74) is 2.13. The molecule has 7 heteroatoms. The number of nitrogens with one attached hydrogen (secondary N) is 1. The normalized spacial score (nSPS) is 18.3. The lowest BCUT2D eigenvalue weighted by molar-refractivity contribution is 0.567. The molecule has 2 heterocycles. The molecule has 31 heavy (non-hydrogen) atoms. The van der Waals surface area contributed by atoms with Gasteiger partial charge in [0.2, 0.25) is 0 Å². The Balaban J connectivity index is 1.54. The van der Waals surface area contributed by atoms with E-state index in [1.165, 1.54) is 0 Å². The van der Waals surface area contributed by atoms with E-state index in [1.807, 2.05) is 31.2 Å². The van der Waals surface area contributed by atoms with Crippen molar-refractivity contribution in [3.05, 3.63) is 54.1 Å². The summed E-state index contributed by atoms with van der Waals surface area (Å²) in [7, 11) is -3.66. The minimum absolute atomic E-state index is 0.0513. The fourth-order valence-corrected chi connectivity index (χ4v) is 7.80. The summed E-state index contributed by atoms with van der Waals surface area (Å²) in [5, 5.41) is 5.35. The molecule has 2 aliphatic rings. The molecule has 0 bridgehead atoms. The van der Waals surface area contributed by atoms with Crippen molar-refractivity contribution in [1.29, 1.82) is 0 Å². The van der Waals surface area contributed by atoms with Crippen molar-refractivity contribution < 1.29 is 8.42 Å². The van der Waals surface area contributed by atoms with E-state index in [1.54, 1.807) is 27.8 Å². The molecular formula is C24H29N3O2S2. The number of benzene rings is 2. The van der Waals surface area contributed by atoms with Crippen LogP contribution < -0.4 is 14.5 Å². The maximum absolute atomic E-state index is 13.9. The zero-order chi connectivity index (χ0) is 21.6. The molecule has 5 rings (SSSR count). The first-order valence-corrected chi connectivity index (χ1v) is 13.3. The van der Waals surface area contributed by atoms with Crippen LogP contribution in [0.25, 0.3) is 10.1 Å². The Bertz CT molecular complexity index is 1180. The highest BCUT2D eigenvalue weighted by Gasteiger charge is 2.40. The minimum Gasteiger partial charge on any atom is -0.369 e. The highest BCUT2D eigenvalue weighted by molar-refractivity contribution is 7.93. The van der Waals surface area contributed by atoms with Gasteiger partial charge >= 0.3 is 0 Å². The predicted molar refractivity (Wildman–Crippen MR) is 130 cm³/mol. The lowest BCUT2D eigenvalue weighted by Gasteiger charge is -2.31. The van der Waals surface area contributed by atoms with Gasteiger partial charge in [-0.1, -0.05) is 18.2 Å². The molecule has 1 atom stereocenters. The van der Waals surface area contributed by atoms with Crippen LogP contribution in [0.2, 0.25) is 0 Å². The molecule has 5 nitrogen and oxygen atoms in total. The van der Waals surface area contributed by atoms with Crippen LogP contribution in [0.3, 0.4) is 0 Å². The molecule has 1 saturated heterocycles. The zero-order valence-electron chi connectivity index (χ0n) is 18.0. The molecule has 1 aromatic heterocycles. The monoisotopic (exact) mass is 455 g/mol. The number of aryl methyl sites for hydroxylation is 1. The number of sulfonamides is 1. The van der Waals surface area contributed by atoms with Crippen molar-refractivity contribution in [2.45, 2.75) is 37.6 Å². The quantitative estimate of drug-likeness (QED) is 0.590. The summed E-state index contributed by atoms with van der Waals surface area (Å²) in [6.07, 6.45) is 2.19. The van der Waals surface area contributed by atoms with Crippen LogP contribution in [0, 0.1) is 12.8 Å². The average molecular weight is 456 g/mol. The van der Waals surface area contributed by atoms with Crippen LogP contribution in [0.5, 0.6) is 0 Å². The van der Waals surface area contributed by atoms with Crippen molar-refractivity contribution in [2.24, 2.45) is 5.92 Å². The molecule has 2 aromatic carbocycles. The van der Waals surface area contributed by atoms with Crippen molar-refractivity contribution in [3.8, 4) is 0 Å². The third-order valence-corrected chi connectivity index (χ3v) is 9.86. The van der Waals surface area contributed by atoms with Crippen LogP contribution in [-0.2, 0) is 10.0 Å². The van der Waals surface area contributed by atoms with Crippen molar-refractivity contribution in [3.63, 3.8) is 0 Å². The zero-order valence-corrected chi connectivity index (χ0v) is 19.7. The summed E-state index contributed by atoms with van der Waals surface area (Å²) in [6.45, 7) is 7.91. The summed E-state index contributed by atoms with van der Waals surface area (Å²) >= 11 is 1.58. The fourth-order valence-electron chi connectivity index (χ4n) is 4.52. The lowest BCUT2D eigenvalue weighted by Crippen LogP contribution is -2.43. The second-order valence-electron chi connectivity index (χ2n) is 8.64. The Morgan fingerprint density at radius 1 is 1.06 bits per heavy atom. The summed E-state index contributed by atoms with van der Waals surface area (Å²) < 4.78 is 30.7. The van der Waals surface area contributed by atoms with Crippen LogP contribution >= 0.6 is 11.3 Å². The highest BCUT2D eigenvalue weighted by atomic mass is 32.2. The summed E-state index contributed by atoms with van der Waals surface area (Å²) in [5.74, 6) is 0.430. The SMILES string of the molecule is Cc1c(N(C(C)C2CC2)S(=O)(=O)c2ccc(N3CCNCC3)cc2)sc2ccccc12. The second kappa shape index (κ2) is 8.11. The van der Waals surface area contributed by atoms with Gasteiger partial charge in [-0.2, -0.15) is 0 Å². The highest BCUT2D eigenvalue weighted by Crippen LogP contribution is 2.45. The Morgan fingerprint density at radius 2 is 1.74 bits per heavy atom. The first kappa shape index (κ1) is 20.8. The fraction of sp³-hybridized carbons (Fsp3) is 0.417. The van der Waals surface area contributed by atoms with Gasteiger partial charge in [0.15, 0.2) is 0 Å². The standard InChI is InChI=1S/C24H29N3O2S2/c1-17-22-5-3-4-6-23(22)30-24(17)27(18(2)19-7-8-19)31(28,29)21-11-9-20(10-12-21)26-15-13-25-14-16-26/h3-6,9-12,18-19,25H,7-8,13-16H2,1-2H3. The Morgan fingerprint density at radius 3 is 2.39 bits per heavy atom. The minimum atomic E-state index is -3.66. The number of anilines is 2. The number of nitrogens with zero attached hydrogens (tertiary/aromatic N) is 2. The van der Waals surface area contributed by atoms with E-state index in [0.29, 0.717) is 10.8 Å². The molecule has 0 radical (unpaired) electrons. The third kappa shape index (κ3) is 3.83. The van der Waals surface area contributed by atoms with Gasteiger partial charge in [-0.25, -0.2) is 8.42 Å². The van der Waals surface area contributed by atoms with E-state index in [-0.39, 0.29) is 6.04 Å². The molecule has 2 fully saturated rings. The summed E-state index contributed by atoms with van der Waals surface area (Å²) in [6, 6.07) is 15.6. The van der Waals surface area contributed by atoms with Gasteiger partial charge in [0, 0.05) is 42.6 Å². The van der Waals surface area contributed by atoms with E-state index in [2.05, 4.69) is 29.3 Å². The maximum atomic E-state index is 13.9. The maximum Gasteiger partial charge on any atom is 0.265 e. The van der Waals surface area contributed by atoms with E-state index < -0.39 is 10.0 Å². The van der Waals surface area contributed by atoms with Gasteiger partial charge in [-0.15, -0.1) is 11.3 Å². The number of thiophene rings is 1. The van der Waals surface area contributed by atoms with Crippen molar-refractivity contribution in [1.82, 2.24) is 5.32 Å². The molecular weight excluding hydrogens is 426 g/mol. The average Bonchev–Trinajstić information content (AvgIpc) is 3.60. The smallest absolute Gasteiger partial charge is 0.265 e. The number of hydrogen-bond donors (Lipinski definition) is 1. The van der Waals surface area contributed by atoms with E-state index >= 15 is 0 Å². The van der Waals surface area contributed by atoms with Gasteiger partial charge in [0.1, 0.15) is 5.00 Å². The first-order valence-electron chi connectivity index (χ1n) is 11.0. The molecule has 0 amide bonds. The third-order valence-electron chi connectivity index (χ3n) is 6.57. The molecule has 1 N–H and O–H groups in total. The van der Waals surface area contributed by atoms with Crippen molar-refractivity contribution >= 4 is 42.1 Å². The van der Waals surface area contributed by atoms with Crippen LogP contribution in [0.1, 0.15) is 25.3 Å². The molecule has 1 aliphatic carbocycles. The molecule has 1 unspecified atom stereocenters. The van der Waals surface area contributed by atoms with E-state index in [4.69, 9.17) is 0 Å². The summed E-state index contributed by atoms with van der Waals surface area (Å²) in [4.78, 5) is 2.67. The molecule has 0 spiro atoms. The van der Waals surface area contributed by atoms with Crippen LogP contribution in [-0.4, -0.2) is 40.6 Å². The van der Waals surface area contributed by atoms with Gasteiger partial charge in [-0.3, -0.25) is 4.31 Å². The number of rotatable bonds is 6. The number of hydrogen-bond acceptors (Lipinski definition) is 5. The topological polar surface area (TPSA) is 52.7 Å². The Labute approximate surface area is 188 Å².